The summed E-state index contributed by atoms with van der Waals surface area (Å²) in [4.78, 5) is 13.6. The average Bonchev–Trinajstić information content (AvgIpc) is 3.11. The fourth-order valence-electron chi connectivity index (χ4n) is 1.84. The molecule has 0 saturated heterocycles. The maximum absolute atomic E-state index is 13.5. The summed E-state index contributed by atoms with van der Waals surface area (Å²) < 4.78 is 13.5. The lowest BCUT2D eigenvalue weighted by Gasteiger charge is -2.24. The molecule has 2 N–H and O–H groups in total. The van der Waals surface area contributed by atoms with Crippen LogP contribution in [0.25, 0.3) is 0 Å². The van der Waals surface area contributed by atoms with Crippen molar-refractivity contribution < 1.29 is 9.18 Å². The van der Waals surface area contributed by atoms with Crippen molar-refractivity contribution in [3.8, 4) is 0 Å². The van der Waals surface area contributed by atoms with Crippen LogP contribution in [0.2, 0.25) is 0 Å². The molecule has 1 aliphatic carbocycles. The minimum Gasteiger partial charge on any atom is -0.334 e. The summed E-state index contributed by atoms with van der Waals surface area (Å²) in [5.74, 6) is -0.369. The molecule has 3 nitrogen and oxygen atoms in total. The number of carbonyl (C=O) groups is 1. The van der Waals surface area contributed by atoms with Crippen molar-refractivity contribution in [3.05, 3.63) is 35.6 Å². The summed E-state index contributed by atoms with van der Waals surface area (Å²) in [6.45, 7) is 1.98. The maximum Gasteiger partial charge on any atom is 0.239 e. The van der Waals surface area contributed by atoms with E-state index in [4.69, 9.17) is 5.73 Å². The summed E-state index contributed by atoms with van der Waals surface area (Å²) in [7, 11) is 0. The largest absolute Gasteiger partial charge is 0.334 e. The van der Waals surface area contributed by atoms with Gasteiger partial charge in [0.15, 0.2) is 0 Å². The number of nitrogens with zero attached hydrogens (tertiary/aromatic N) is 1. The fraction of sp³-hybridized carbons (Fsp3) is 0.462. The zero-order valence-corrected chi connectivity index (χ0v) is 11.1. The number of carbonyl (C=O) groups excluding carboxylic acids is 1. The SMILES string of the molecule is CC(N)C(=O)N(Cc1ccccc1F)C1CC1.Cl. The van der Waals surface area contributed by atoms with Crippen LogP contribution in [0, 0.1) is 5.82 Å². The Morgan fingerprint density at radius 1 is 1.50 bits per heavy atom. The molecule has 18 heavy (non-hydrogen) atoms. The first-order valence-electron chi connectivity index (χ1n) is 5.89. The Morgan fingerprint density at radius 3 is 2.61 bits per heavy atom. The number of hydrogen-bond acceptors (Lipinski definition) is 2. The molecule has 1 saturated carbocycles. The van der Waals surface area contributed by atoms with Gasteiger partial charge in [0.25, 0.3) is 0 Å². The zero-order chi connectivity index (χ0) is 12.4. The third kappa shape index (κ3) is 3.43. The van der Waals surface area contributed by atoms with Crippen molar-refractivity contribution >= 4 is 18.3 Å². The summed E-state index contributed by atoms with van der Waals surface area (Å²) in [5, 5.41) is 0. The van der Waals surface area contributed by atoms with E-state index in [0.717, 1.165) is 12.8 Å². The molecule has 0 heterocycles. The highest BCUT2D eigenvalue weighted by Gasteiger charge is 2.33. The van der Waals surface area contributed by atoms with Gasteiger partial charge >= 0.3 is 0 Å². The predicted octanol–water partition coefficient (Wildman–Crippen LogP) is 2.09. The van der Waals surface area contributed by atoms with Gasteiger partial charge in [0.2, 0.25) is 5.91 Å². The third-order valence-electron chi connectivity index (χ3n) is 2.96. The van der Waals surface area contributed by atoms with Crippen LogP contribution < -0.4 is 5.73 Å². The average molecular weight is 273 g/mol. The highest BCUT2D eigenvalue weighted by Crippen LogP contribution is 2.29. The number of rotatable bonds is 4. The quantitative estimate of drug-likeness (QED) is 0.912. The first-order chi connectivity index (χ1) is 8.09. The standard InChI is InChI=1S/C13H17FN2O.ClH/c1-9(15)13(17)16(11-6-7-11)8-10-4-2-3-5-12(10)14;/h2-5,9,11H,6-8,15H2,1H3;1H. The predicted molar refractivity (Wildman–Crippen MR) is 70.9 cm³/mol. The van der Waals surface area contributed by atoms with Gasteiger partial charge in [0.1, 0.15) is 5.82 Å². The molecule has 0 bridgehead atoms. The molecule has 0 aromatic heterocycles. The molecule has 1 unspecified atom stereocenters. The highest BCUT2D eigenvalue weighted by atomic mass is 35.5. The molecule has 1 aromatic carbocycles. The van der Waals surface area contributed by atoms with Crippen molar-refractivity contribution in [1.82, 2.24) is 4.90 Å². The highest BCUT2D eigenvalue weighted by molar-refractivity contribution is 5.85. The third-order valence-corrected chi connectivity index (χ3v) is 2.96. The Bertz CT molecular complexity index is 421. The van der Waals surface area contributed by atoms with Gasteiger partial charge in [-0.2, -0.15) is 0 Å². The molecule has 0 aliphatic heterocycles. The van der Waals surface area contributed by atoms with Crippen molar-refractivity contribution in [2.45, 2.75) is 38.4 Å². The van der Waals surface area contributed by atoms with Gasteiger partial charge in [-0.15, -0.1) is 12.4 Å². The Balaban J connectivity index is 0.00000162. The topological polar surface area (TPSA) is 46.3 Å². The number of halogens is 2. The Hall–Kier alpha value is -1.13. The van der Waals surface area contributed by atoms with Crippen LogP contribution in [0.4, 0.5) is 4.39 Å². The molecule has 1 atom stereocenters. The van der Waals surface area contributed by atoms with Crippen molar-refractivity contribution in [2.75, 3.05) is 0 Å². The van der Waals surface area contributed by atoms with Gasteiger partial charge in [-0.25, -0.2) is 4.39 Å². The van der Waals surface area contributed by atoms with Gasteiger partial charge in [-0.1, -0.05) is 18.2 Å². The Kier molecular flexibility index (Phi) is 5.11. The number of amides is 1. The lowest BCUT2D eigenvalue weighted by atomic mass is 10.2. The normalized spacial score (nSPS) is 15.7. The van der Waals surface area contributed by atoms with Crippen molar-refractivity contribution in [3.63, 3.8) is 0 Å². The van der Waals surface area contributed by atoms with Crippen LogP contribution in [-0.2, 0) is 11.3 Å². The van der Waals surface area contributed by atoms with Gasteiger partial charge in [0, 0.05) is 18.2 Å². The second-order valence-electron chi connectivity index (χ2n) is 4.58. The molecule has 1 aromatic rings. The Labute approximate surface area is 113 Å². The van der Waals surface area contributed by atoms with Crippen molar-refractivity contribution in [1.29, 1.82) is 0 Å². The van der Waals surface area contributed by atoms with E-state index in [-0.39, 0.29) is 30.2 Å². The van der Waals surface area contributed by atoms with Crippen LogP contribution in [0.5, 0.6) is 0 Å². The first kappa shape index (κ1) is 14.9. The second kappa shape index (κ2) is 6.16. The summed E-state index contributed by atoms with van der Waals surface area (Å²) >= 11 is 0. The molecular weight excluding hydrogens is 255 g/mol. The lowest BCUT2D eigenvalue weighted by Crippen LogP contribution is -2.43. The molecule has 0 spiro atoms. The molecule has 5 heteroatoms. The number of hydrogen-bond donors (Lipinski definition) is 1. The minimum atomic E-state index is -0.526. The van der Waals surface area contributed by atoms with Crippen LogP contribution in [-0.4, -0.2) is 22.9 Å². The molecule has 1 amide bonds. The van der Waals surface area contributed by atoms with E-state index in [1.54, 1.807) is 30.0 Å². The lowest BCUT2D eigenvalue weighted by molar-refractivity contribution is -0.133. The summed E-state index contributed by atoms with van der Waals surface area (Å²) in [6, 6.07) is 6.26. The molecular formula is C13H18ClFN2O. The van der Waals surface area contributed by atoms with Crippen LogP contribution >= 0.6 is 12.4 Å². The van der Waals surface area contributed by atoms with E-state index in [2.05, 4.69) is 0 Å². The van der Waals surface area contributed by atoms with E-state index < -0.39 is 6.04 Å². The summed E-state index contributed by atoms with van der Waals surface area (Å²) in [5.41, 5.74) is 6.16. The fourth-order valence-corrected chi connectivity index (χ4v) is 1.84. The van der Waals surface area contributed by atoms with Gasteiger partial charge < -0.3 is 10.6 Å². The Morgan fingerprint density at radius 2 is 2.11 bits per heavy atom. The van der Waals surface area contributed by atoms with Crippen LogP contribution in [0.3, 0.4) is 0 Å². The first-order valence-corrected chi connectivity index (χ1v) is 5.89. The zero-order valence-electron chi connectivity index (χ0n) is 10.3. The smallest absolute Gasteiger partial charge is 0.239 e. The maximum atomic E-state index is 13.5. The van der Waals surface area contributed by atoms with Gasteiger partial charge in [-0.05, 0) is 25.8 Å². The molecule has 2 rings (SSSR count). The van der Waals surface area contributed by atoms with Gasteiger partial charge in [-0.3, -0.25) is 4.79 Å². The molecule has 1 fully saturated rings. The molecule has 1 aliphatic rings. The van der Waals surface area contributed by atoms with E-state index in [1.807, 2.05) is 0 Å². The van der Waals surface area contributed by atoms with Crippen molar-refractivity contribution in [2.24, 2.45) is 5.73 Å². The monoisotopic (exact) mass is 272 g/mol. The number of nitrogens with two attached hydrogens (primary N) is 1. The van der Waals surface area contributed by atoms with E-state index in [1.165, 1.54) is 6.07 Å². The van der Waals surface area contributed by atoms with E-state index >= 15 is 0 Å². The van der Waals surface area contributed by atoms with E-state index in [0.29, 0.717) is 12.1 Å². The second-order valence-corrected chi connectivity index (χ2v) is 4.58. The summed E-state index contributed by atoms with van der Waals surface area (Å²) in [6.07, 6.45) is 1.99. The minimum absolute atomic E-state index is 0. The van der Waals surface area contributed by atoms with Gasteiger partial charge in [0.05, 0.1) is 6.04 Å². The number of benzene rings is 1. The van der Waals surface area contributed by atoms with Crippen LogP contribution in [0.1, 0.15) is 25.3 Å². The van der Waals surface area contributed by atoms with Crippen LogP contribution in [0.15, 0.2) is 24.3 Å². The molecule has 100 valence electrons. The molecule has 0 radical (unpaired) electrons. The van der Waals surface area contributed by atoms with E-state index in [9.17, 15) is 9.18 Å².